The van der Waals surface area contributed by atoms with E-state index < -0.39 is 0 Å². The fraction of sp³-hybridized carbons (Fsp3) is 0.400. The SMILES string of the molecule is CCOc1cc(C)cc(O)c1C. The lowest BCUT2D eigenvalue weighted by Crippen LogP contribution is -1.94. The minimum atomic E-state index is 0.304. The number of phenols is 1. The lowest BCUT2D eigenvalue weighted by molar-refractivity contribution is 0.334. The van der Waals surface area contributed by atoms with Crippen molar-refractivity contribution in [3.8, 4) is 11.5 Å². The van der Waals surface area contributed by atoms with Crippen LogP contribution in [0.2, 0.25) is 0 Å². The summed E-state index contributed by atoms with van der Waals surface area (Å²) in [5, 5.41) is 9.43. The van der Waals surface area contributed by atoms with Crippen LogP contribution in [0.5, 0.6) is 11.5 Å². The fourth-order valence-corrected chi connectivity index (χ4v) is 1.11. The topological polar surface area (TPSA) is 29.5 Å². The maximum atomic E-state index is 9.43. The second-order valence-electron chi connectivity index (χ2n) is 2.84. The van der Waals surface area contributed by atoms with Crippen LogP contribution >= 0.6 is 0 Å². The largest absolute Gasteiger partial charge is 0.508 e. The Kier molecular flexibility index (Phi) is 2.58. The maximum Gasteiger partial charge on any atom is 0.126 e. The van der Waals surface area contributed by atoms with E-state index in [4.69, 9.17) is 4.74 Å². The molecule has 1 rings (SSSR count). The third kappa shape index (κ3) is 1.70. The van der Waals surface area contributed by atoms with Crippen molar-refractivity contribution in [2.75, 3.05) is 6.61 Å². The van der Waals surface area contributed by atoms with E-state index in [2.05, 4.69) is 0 Å². The third-order valence-electron chi connectivity index (χ3n) is 1.78. The number of hydrogen-bond acceptors (Lipinski definition) is 2. The molecule has 0 atom stereocenters. The fourth-order valence-electron chi connectivity index (χ4n) is 1.11. The van der Waals surface area contributed by atoms with Crippen molar-refractivity contribution in [1.82, 2.24) is 0 Å². The van der Waals surface area contributed by atoms with Gasteiger partial charge in [0.25, 0.3) is 0 Å². The Bertz CT molecular complexity index is 279. The molecule has 0 amide bonds. The lowest BCUT2D eigenvalue weighted by atomic mass is 10.1. The molecule has 2 nitrogen and oxygen atoms in total. The molecule has 66 valence electrons. The highest BCUT2D eigenvalue weighted by molar-refractivity contribution is 5.45. The zero-order chi connectivity index (χ0) is 9.14. The molecule has 1 aromatic rings. The zero-order valence-electron chi connectivity index (χ0n) is 7.72. The highest BCUT2D eigenvalue weighted by Gasteiger charge is 2.04. The summed E-state index contributed by atoms with van der Waals surface area (Å²) in [6.45, 7) is 6.34. The van der Waals surface area contributed by atoms with Gasteiger partial charge in [-0.2, -0.15) is 0 Å². The molecular formula is C10H14O2. The van der Waals surface area contributed by atoms with E-state index in [1.165, 1.54) is 0 Å². The van der Waals surface area contributed by atoms with Gasteiger partial charge in [0.2, 0.25) is 0 Å². The molecule has 0 aliphatic rings. The molecule has 0 aliphatic carbocycles. The molecule has 0 spiro atoms. The number of rotatable bonds is 2. The Hall–Kier alpha value is -1.18. The minimum absolute atomic E-state index is 0.304. The van der Waals surface area contributed by atoms with Crippen LogP contribution in [-0.4, -0.2) is 11.7 Å². The molecule has 0 heterocycles. The van der Waals surface area contributed by atoms with Crippen molar-refractivity contribution >= 4 is 0 Å². The van der Waals surface area contributed by atoms with Gasteiger partial charge in [0.05, 0.1) is 6.61 Å². The standard InChI is InChI=1S/C10H14O2/c1-4-12-10-6-7(2)5-9(11)8(10)3/h5-6,11H,4H2,1-3H3. The normalized spacial score (nSPS) is 9.92. The predicted molar refractivity (Wildman–Crippen MR) is 48.7 cm³/mol. The average Bonchev–Trinajstić information content (AvgIpc) is 2.00. The second kappa shape index (κ2) is 3.48. The summed E-state index contributed by atoms with van der Waals surface area (Å²) < 4.78 is 5.34. The molecule has 0 fully saturated rings. The summed E-state index contributed by atoms with van der Waals surface area (Å²) in [4.78, 5) is 0. The van der Waals surface area contributed by atoms with E-state index in [1.807, 2.05) is 26.8 Å². The predicted octanol–water partition coefficient (Wildman–Crippen LogP) is 2.41. The van der Waals surface area contributed by atoms with Gasteiger partial charge in [0.15, 0.2) is 0 Å². The molecule has 0 saturated heterocycles. The van der Waals surface area contributed by atoms with Crippen LogP contribution in [0.3, 0.4) is 0 Å². The van der Waals surface area contributed by atoms with Crippen LogP contribution in [0.25, 0.3) is 0 Å². The van der Waals surface area contributed by atoms with Gasteiger partial charge in [0.1, 0.15) is 11.5 Å². The Morgan fingerprint density at radius 3 is 2.58 bits per heavy atom. The Morgan fingerprint density at radius 2 is 2.00 bits per heavy atom. The van der Waals surface area contributed by atoms with Crippen molar-refractivity contribution in [3.63, 3.8) is 0 Å². The van der Waals surface area contributed by atoms with Crippen LogP contribution in [0.15, 0.2) is 12.1 Å². The van der Waals surface area contributed by atoms with E-state index in [-0.39, 0.29) is 0 Å². The van der Waals surface area contributed by atoms with Gasteiger partial charge in [-0.15, -0.1) is 0 Å². The van der Waals surface area contributed by atoms with Crippen molar-refractivity contribution in [2.45, 2.75) is 20.8 Å². The molecule has 0 radical (unpaired) electrons. The number of phenolic OH excluding ortho intramolecular Hbond substituents is 1. The van der Waals surface area contributed by atoms with E-state index in [0.29, 0.717) is 12.4 Å². The van der Waals surface area contributed by atoms with E-state index >= 15 is 0 Å². The summed E-state index contributed by atoms with van der Waals surface area (Å²) in [5.74, 6) is 1.08. The first-order chi connectivity index (χ1) is 5.65. The van der Waals surface area contributed by atoms with E-state index in [9.17, 15) is 5.11 Å². The first-order valence-corrected chi connectivity index (χ1v) is 4.08. The van der Waals surface area contributed by atoms with Gasteiger partial charge in [-0.3, -0.25) is 0 Å². The molecule has 0 aliphatic heterocycles. The Morgan fingerprint density at radius 1 is 1.33 bits per heavy atom. The summed E-state index contributed by atoms with van der Waals surface area (Å²) in [5.41, 5.74) is 1.82. The molecule has 1 aromatic carbocycles. The van der Waals surface area contributed by atoms with Gasteiger partial charge in [-0.25, -0.2) is 0 Å². The first-order valence-electron chi connectivity index (χ1n) is 4.08. The highest BCUT2D eigenvalue weighted by atomic mass is 16.5. The number of ether oxygens (including phenoxy) is 1. The number of aromatic hydroxyl groups is 1. The summed E-state index contributed by atoms with van der Waals surface area (Å²) in [7, 11) is 0. The molecule has 2 heteroatoms. The van der Waals surface area contributed by atoms with Gasteiger partial charge >= 0.3 is 0 Å². The highest BCUT2D eigenvalue weighted by Crippen LogP contribution is 2.28. The molecule has 0 aromatic heterocycles. The molecular weight excluding hydrogens is 152 g/mol. The maximum absolute atomic E-state index is 9.43. The van der Waals surface area contributed by atoms with Crippen molar-refractivity contribution in [2.24, 2.45) is 0 Å². The quantitative estimate of drug-likeness (QED) is 0.731. The molecule has 12 heavy (non-hydrogen) atoms. The third-order valence-corrected chi connectivity index (χ3v) is 1.78. The monoisotopic (exact) mass is 166 g/mol. The molecule has 1 N–H and O–H groups in total. The Labute approximate surface area is 72.8 Å². The summed E-state index contributed by atoms with van der Waals surface area (Å²) in [6.07, 6.45) is 0. The number of benzene rings is 1. The summed E-state index contributed by atoms with van der Waals surface area (Å²) >= 11 is 0. The Balaban J connectivity index is 3.09. The minimum Gasteiger partial charge on any atom is -0.508 e. The second-order valence-corrected chi connectivity index (χ2v) is 2.84. The number of aryl methyl sites for hydroxylation is 1. The van der Waals surface area contributed by atoms with Crippen LogP contribution in [0.1, 0.15) is 18.1 Å². The van der Waals surface area contributed by atoms with Gasteiger partial charge in [-0.05, 0) is 38.5 Å². The lowest BCUT2D eigenvalue weighted by Gasteiger charge is -2.09. The van der Waals surface area contributed by atoms with Gasteiger partial charge < -0.3 is 9.84 Å². The smallest absolute Gasteiger partial charge is 0.126 e. The van der Waals surface area contributed by atoms with Crippen LogP contribution < -0.4 is 4.74 Å². The van der Waals surface area contributed by atoms with Crippen molar-refractivity contribution < 1.29 is 9.84 Å². The van der Waals surface area contributed by atoms with E-state index in [1.54, 1.807) is 6.07 Å². The average molecular weight is 166 g/mol. The molecule has 0 unspecified atom stereocenters. The first kappa shape index (κ1) is 8.91. The molecule has 0 bridgehead atoms. The van der Waals surface area contributed by atoms with Gasteiger partial charge in [-0.1, -0.05) is 0 Å². The van der Waals surface area contributed by atoms with Crippen LogP contribution in [0.4, 0.5) is 0 Å². The summed E-state index contributed by atoms with van der Waals surface area (Å²) in [6, 6.07) is 3.66. The van der Waals surface area contributed by atoms with Crippen LogP contribution in [-0.2, 0) is 0 Å². The number of hydrogen-bond donors (Lipinski definition) is 1. The van der Waals surface area contributed by atoms with Crippen molar-refractivity contribution in [3.05, 3.63) is 23.3 Å². The van der Waals surface area contributed by atoms with E-state index in [0.717, 1.165) is 16.9 Å². The van der Waals surface area contributed by atoms with Crippen LogP contribution in [0, 0.1) is 13.8 Å². The van der Waals surface area contributed by atoms with Crippen molar-refractivity contribution in [1.29, 1.82) is 0 Å². The molecule has 0 saturated carbocycles. The zero-order valence-corrected chi connectivity index (χ0v) is 7.72. The van der Waals surface area contributed by atoms with Gasteiger partial charge in [0, 0.05) is 5.56 Å².